The molecule has 1 N–H and O–H groups in total. The quantitative estimate of drug-likeness (QED) is 0.849. The number of furan rings is 1. The first-order valence-corrected chi connectivity index (χ1v) is 7.24. The monoisotopic (exact) mass is 323 g/mol. The van der Waals surface area contributed by atoms with Gasteiger partial charge in [-0.2, -0.15) is 0 Å². The lowest BCUT2D eigenvalue weighted by Gasteiger charge is -2.15. The van der Waals surface area contributed by atoms with Gasteiger partial charge in [0, 0.05) is 12.1 Å². The maximum absolute atomic E-state index is 11.9. The average Bonchev–Trinajstić information content (AvgIpc) is 2.96. The molecule has 0 aliphatic heterocycles. The van der Waals surface area contributed by atoms with Crippen LogP contribution in [0.2, 0.25) is 5.02 Å². The van der Waals surface area contributed by atoms with Crippen molar-refractivity contribution in [1.82, 2.24) is 5.32 Å². The number of hydrogen-bond donors (Lipinski definition) is 1. The van der Waals surface area contributed by atoms with E-state index in [1.54, 1.807) is 43.5 Å². The summed E-state index contributed by atoms with van der Waals surface area (Å²) in [6, 6.07) is 10.4. The topological polar surface area (TPSA) is 60.7 Å². The molecule has 1 atom stereocenters. The molecule has 1 aromatic carbocycles. The molecule has 1 heterocycles. The highest BCUT2D eigenvalue weighted by atomic mass is 35.5. The lowest BCUT2D eigenvalue weighted by atomic mass is 10.3. The molecule has 0 bridgehead atoms. The van der Waals surface area contributed by atoms with Crippen molar-refractivity contribution >= 4 is 17.5 Å². The van der Waals surface area contributed by atoms with Gasteiger partial charge in [-0.3, -0.25) is 4.79 Å². The fraction of sp³-hybridized carbons (Fsp3) is 0.312. The smallest absolute Gasteiger partial charge is 0.287 e. The number of carbonyl (C=O) groups is 1. The molecule has 0 spiro atoms. The van der Waals surface area contributed by atoms with E-state index < -0.39 is 0 Å². The second kappa shape index (κ2) is 7.87. The van der Waals surface area contributed by atoms with E-state index in [9.17, 15) is 4.79 Å². The minimum Gasteiger partial charge on any atom is -0.489 e. The third-order valence-corrected chi connectivity index (χ3v) is 3.12. The Morgan fingerprint density at radius 2 is 2.00 bits per heavy atom. The van der Waals surface area contributed by atoms with E-state index in [4.69, 9.17) is 25.5 Å². The molecule has 2 aromatic rings. The zero-order chi connectivity index (χ0) is 15.9. The Kier molecular flexibility index (Phi) is 5.86. The first-order valence-electron chi connectivity index (χ1n) is 6.86. The van der Waals surface area contributed by atoms with Gasteiger partial charge in [0.25, 0.3) is 5.91 Å². The third kappa shape index (κ3) is 4.79. The molecule has 2 rings (SSSR count). The van der Waals surface area contributed by atoms with Gasteiger partial charge in [0.1, 0.15) is 24.2 Å². The Morgan fingerprint density at radius 3 is 2.68 bits per heavy atom. The molecule has 22 heavy (non-hydrogen) atoms. The second-order valence-electron chi connectivity index (χ2n) is 4.79. The van der Waals surface area contributed by atoms with Gasteiger partial charge in [0.2, 0.25) is 0 Å². The Hall–Kier alpha value is -1.98. The molecule has 0 radical (unpaired) electrons. The lowest BCUT2D eigenvalue weighted by Crippen LogP contribution is -2.33. The summed E-state index contributed by atoms with van der Waals surface area (Å²) >= 11 is 5.81. The van der Waals surface area contributed by atoms with Crippen molar-refractivity contribution in [2.24, 2.45) is 0 Å². The van der Waals surface area contributed by atoms with E-state index in [0.717, 1.165) is 0 Å². The number of rotatable bonds is 7. The van der Waals surface area contributed by atoms with Crippen LogP contribution in [0.4, 0.5) is 0 Å². The van der Waals surface area contributed by atoms with Crippen molar-refractivity contribution < 1.29 is 18.7 Å². The molecule has 5 nitrogen and oxygen atoms in total. The molecule has 118 valence electrons. The molecule has 0 saturated heterocycles. The zero-order valence-electron chi connectivity index (χ0n) is 12.5. The van der Waals surface area contributed by atoms with Crippen LogP contribution in [0.1, 0.15) is 23.2 Å². The summed E-state index contributed by atoms with van der Waals surface area (Å²) < 4.78 is 16.0. The van der Waals surface area contributed by atoms with Crippen molar-refractivity contribution in [2.45, 2.75) is 19.6 Å². The van der Waals surface area contributed by atoms with Crippen LogP contribution in [0.5, 0.6) is 5.75 Å². The van der Waals surface area contributed by atoms with Crippen LogP contribution in [0.25, 0.3) is 0 Å². The summed E-state index contributed by atoms with van der Waals surface area (Å²) in [6.45, 7) is 2.57. The van der Waals surface area contributed by atoms with E-state index in [0.29, 0.717) is 29.7 Å². The predicted octanol–water partition coefficient (Wildman–Crippen LogP) is 3.28. The van der Waals surface area contributed by atoms with Crippen LogP contribution in [0, 0.1) is 0 Å². The molecule has 1 amide bonds. The normalized spacial score (nSPS) is 12.0. The van der Waals surface area contributed by atoms with Crippen LogP contribution >= 0.6 is 11.6 Å². The van der Waals surface area contributed by atoms with Crippen LogP contribution in [-0.4, -0.2) is 25.7 Å². The zero-order valence-corrected chi connectivity index (χ0v) is 13.2. The van der Waals surface area contributed by atoms with Crippen LogP contribution in [-0.2, 0) is 11.3 Å². The number of hydrogen-bond acceptors (Lipinski definition) is 4. The Bertz CT molecular complexity index is 609. The predicted molar refractivity (Wildman–Crippen MR) is 83.3 cm³/mol. The first kappa shape index (κ1) is 16.4. The van der Waals surface area contributed by atoms with Crippen LogP contribution in [0.15, 0.2) is 40.8 Å². The number of nitrogens with one attached hydrogen (secondary N) is 1. The van der Waals surface area contributed by atoms with Gasteiger partial charge in [0.15, 0.2) is 5.76 Å². The minimum absolute atomic E-state index is 0.182. The van der Waals surface area contributed by atoms with Gasteiger partial charge < -0.3 is 19.2 Å². The molecular weight excluding hydrogens is 306 g/mol. The number of carbonyl (C=O) groups excluding carboxylic acids is 1. The number of methoxy groups -OCH3 is 1. The molecule has 1 unspecified atom stereocenters. The van der Waals surface area contributed by atoms with E-state index >= 15 is 0 Å². The summed E-state index contributed by atoms with van der Waals surface area (Å²) in [5, 5.41) is 3.41. The molecule has 0 fully saturated rings. The average molecular weight is 324 g/mol. The van der Waals surface area contributed by atoms with Gasteiger partial charge in [-0.25, -0.2) is 0 Å². The molecular formula is C16H18ClNO4. The summed E-state index contributed by atoms with van der Waals surface area (Å²) in [5.74, 6) is 1.28. The molecule has 0 saturated carbocycles. The number of amides is 1. The van der Waals surface area contributed by atoms with E-state index in [1.165, 1.54) is 0 Å². The van der Waals surface area contributed by atoms with E-state index in [2.05, 4.69) is 5.32 Å². The summed E-state index contributed by atoms with van der Waals surface area (Å²) in [6.07, 6.45) is -0.182. The molecule has 0 aliphatic carbocycles. The molecule has 6 heteroatoms. The first-order chi connectivity index (χ1) is 10.6. The van der Waals surface area contributed by atoms with E-state index in [1.807, 2.05) is 6.92 Å². The lowest BCUT2D eigenvalue weighted by molar-refractivity contribution is 0.0896. The summed E-state index contributed by atoms with van der Waals surface area (Å²) in [5.41, 5.74) is 0. The van der Waals surface area contributed by atoms with Crippen molar-refractivity contribution in [3.63, 3.8) is 0 Å². The highest BCUT2D eigenvalue weighted by molar-refractivity contribution is 6.30. The summed E-state index contributed by atoms with van der Waals surface area (Å²) in [7, 11) is 1.57. The summed E-state index contributed by atoms with van der Waals surface area (Å²) in [4.78, 5) is 11.9. The van der Waals surface area contributed by atoms with Gasteiger partial charge in [-0.15, -0.1) is 0 Å². The number of ether oxygens (including phenoxy) is 2. The maximum Gasteiger partial charge on any atom is 0.287 e. The van der Waals surface area contributed by atoms with Gasteiger partial charge in [-0.05, 0) is 43.3 Å². The Balaban J connectivity index is 1.80. The molecule has 0 aliphatic rings. The van der Waals surface area contributed by atoms with Crippen molar-refractivity contribution in [1.29, 1.82) is 0 Å². The van der Waals surface area contributed by atoms with Crippen molar-refractivity contribution in [3.05, 3.63) is 52.9 Å². The standard InChI is InChI=1S/C16H18ClNO4/c1-11(21-13-5-3-12(17)4-6-13)9-18-16(19)15-8-7-14(22-15)10-20-2/h3-8,11H,9-10H2,1-2H3,(H,18,19). The fourth-order valence-corrected chi connectivity index (χ4v) is 1.96. The van der Waals surface area contributed by atoms with E-state index in [-0.39, 0.29) is 17.8 Å². The number of halogens is 1. The third-order valence-electron chi connectivity index (χ3n) is 2.87. The van der Waals surface area contributed by atoms with Crippen LogP contribution < -0.4 is 10.1 Å². The minimum atomic E-state index is -0.283. The van der Waals surface area contributed by atoms with Gasteiger partial charge >= 0.3 is 0 Å². The largest absolute Gasteiger partial charge is 0.489 e. The van der Waals surface area contributed by atoms with Crippen molar-refractivity contribution in [3.8, 4) is 5.75 Å². The Labute approximate surface area is 134 Å². The van der Waals surface area contributed by atoms with Crippen LogP contribution in [0.3, 0.4) is 0 Å². The fourth-order valence-electron chi connectivity index (χ4n) is 1.83. The second-order valence-corrected chi connectivity index (χ2v) is 5.23. The highest BCUT2D eigenvalue weighted by Gasteiger charge is 2.13. The van der Waals surface area contributed by atoms with Crippen molar-refractivity contribution in [2.75, 3.05) is 13.7 Å². The highest BCUT2D eigenvalue weighted by Crippen LogP contribution is 2.16. The van der Waals surface area contributed by atoms with Gasteiger partial charge in [0.05, 0.1) is 6.54 Å². The SMILES string of the molecule is COCc1ccc(C(=O)NCC(C)Oc2ccc(Cl)cc2)o1. The van der Waals surface area contributed by atoms with Gasteiger partial charge in [-0.1, -0.05) is 11.6 Å². The molecule has 1 aromatic heterocycles. The maximum atomic E-state index is 11.9. The Morgan fingerprint density at radius 1 is 1.27 bits per heavy atom. The number of benzene rings is 1.